The molecule has 0 saturated carbocycles. The molecule has 100 valence electrons. The molecule has 0 atom stereocenters. The Morgan fingerprint density at radius 1 is 1.50 bits per heavy atom. The Hall–Kier alpha value is -1.36. The van der Waals surface area contributed by atoms with Crippen LogP contribution in [0.1, 0.15) is 42.9 Å². The van der Waals surface area contributed by atoms with E-state index in [2.05, 4.69) is 5.10 Å². The Morgan fingerprint density at radius 3 is 2.67 bits per heavy atom. The predicted molar refractivity (Wildman–Crippen MR) is 68.4 cm³/mol. The molecule has 0 aliphatic carbocycles. The number of aromatic nitrogens is 2. The molecular weight excluding hydrogens is 230 g/mol. The van der Waals surface area contributed by atoms with E-state index in [9.17, 15) is 9.90 Å². The van der Waals surface area contributed by atoms with Gasteiger partial charge in [0.25, 0.3) is 5.91 Å². The van der Waals surface area contributed by atoms with Crippen molar-refractivity contribution in [2.75, 3.05) is 13.1 Å². The second-order valence-corrected chi connectivity index (χ2v) is 5.28. The highest BCUT2D eigenvalue weighted by Gasteiger charge is 2.31. The number of aryl methyl sites for hydroxylation is 2. The summed E-state index contributed by atoms with van der Waals surface area (Å²) in [6.07, 6.45) is 1.27. The Kier molecular flexibility index (Phi) is 3.43. The number of aliphatic hydroxyl groups is 1. The van der Waals surface area contributed by atoms with Crippen molar-refractivity contribution in [1.82, 2.24) is 14.7 Å². The number of rotatable bonds is 2. The first-order valence-electron chi connectivity index (χ1n) is 6.49. The van der Waals surface area contributed by atoms with Crippen molar-refractivity contribution < 1.29 is 9.90 Å². The van der Waals surface area contributed by atoms with Crippen molar-refractivity contribution in [3.63, 3.8) is 0 Å². The molecule has 1 saturated heterocycles. The minimum atomic E-state index is -0.627. The summed E-state index contributed by atoms with van der Waals surface area (Å²) in [5.41, 5.74) is 0.887. The summed E-state index contributed by atoms with van der Waals surface area (Å²) < 4.78 is 1.74. The molecule has 0 spiro atoms. The second-order valence-electron chi connectivity index (χ2n) is 5.28. The fourth-order valence-corrected chi connectivity index (χ4v) is 2.31. The SMILES string of the molecule is CCn1nc(C)cc1C(=O)N1CCC(C)(O)CC1. The Bertz CT molecular complexity index is 441. The fraction of sp³-hybridized carbons (Fsp3) is 0.692. The van der Waals surface area contributed by atoms with Crippen molar-refractivity contribution in [2.24, 2.45) is 0 Å². The Labute approximate surface area is 107 Å². The third-order valence-electron chi connectivity index (χ3n) is 3.55. The van der Waals surface area contributed by atoms with E-state index < -0.39 is 5.60 Å². The monoisotopic (exact) mass is 251 g/mol. The lowest BCUT2D eigenvalue weighted by atomic mass is 9.94. The van der Waals surface area contributed by atoms with E-state index in [0.29, 0.717) is 38.2 Å². The Balaban J connectivity index is 2.12. The smallest absolute Gasteiger partial charge is 0.272 e. The standard InChI is InChI=1S/C13H21N3O2/c1-4-16-11(9-10(2)14-16)12(17)15-7-5-13(3,18)6-8-15/h9,18H,4-8H2,1-3H3. The molecule has 0 aromatic carbocycles. The first-order chi connectivity index (χ1) is 8.43. The number of hydrogen-bond donors (Lipinski definition) is 1. The number of carbonyl (C=O) groups is 1. The van der Waals surface area contributed by atoms with E-state index in [4.69, 9.17) is 0 Å². The van der Waals surface area contributed by atoms with Gasteiger partial charge in [-0.3, -0.25) is 9.48 Å². The number of likely N-dealkylation sites (tertiary alicyclic amines) is 1. The maximum atomic E-state index is 12.4. The van der Waals surface area contributed by atoms with Gasteiger partial charge in [-0.05, 0) is 39.7 Å². The van der Waals surface area contributed by atoms with Crippen molar-refractivity contribution >= 4 is 5.91 Å². The minimum Gasteiger partial charge on any atom is -0.390 e. The summed E-state index contributed by atoms with van der Waals surface area (Å²) in [6.45, 7) is 7.61. The van der Waals surface area contributed by atoms with Gasteiger partial charge in [-0.1, -0.05) is 0 Å². The van der Waals surface area contributed by atoms with Crippen LogP contribution in [0.2, 0.25) is 0 Å². The average molecular weight is 251 g/mol. The Morgan fingerprint density at radius 2 is 2.11 bits per heavy atom. The molecule has 2 heterocycles. The predicted octanol–water partition coefficient (Wildman–Crippen LogP) is 1.20. The van der Waals surface area contributed by atoms with Crippen molar-refractivity contribution in [1.29, 1.82) is 0 Å². The molecule has 18 heavy (non-hydrogen) atoms. The van der Waals surface area contributed by atoms with Crippen LogP contribution in [0.3, 0.4) is 0 Å². The second kappa shape index (κ2) is 4.72. The zero-order valence-corrected chi connectivity index (χ0v) is 11.3. The lowest BCUT2D eigenvalue weighted by molar-refractivity contribution is -0.00235. The van der Waals surface area contributed by atoms with Crippen LogP contribution in [-0.2, 0) is 6.54 Å². The molecule has 1 aliphatic heterocycles. The summed E-state index contributed by atoms with van der Waals surface area (Å²) in [7, 11) is 0. The summed E-state index contributed by atoms with van der Waals surface area (Å²) in [6, 6.07) is 1.83. The molecule has 2 rings (SSSR count). The molecule has 1 N–H and O–H groups in total. The van der Waals surface area contributed by atoms with Crippen LogP contribution >= 0.6 is 0 Å². The third kappa shape index (κ3) is 2.56. The van der Waals surface area contributed by atoms with Crippen molar-refractivity contribution in [2.45, 2.75) is 45.8 Å². The maximum Gasteiger partial charge on any atom is 0.272 e. The summed E-state index contributed by atoms with van der Waals surface area (Å²) >= 11 is 0. The summed E-state index contributed by atoms with van der Waals surface area (Å²) in [4.78, 5) is 14.2. The van der Waals surface area contributed by atoms with Gasteiger partial charge in [-0.15, -0.1) is 0 Å². The number of amides is 1. The van der Waals surface area contributed by atoms with Gasteiger partial charge in [-0.2, -0.15) is 5.10 Å². The zero-order chi connectivity index (χ0) is 13.3. The third-order valence-corrected chi connectivity index (χ3v) is 3.55. The summed E-state index contributed by atoms with van der Waals surface area (Å²) in [5, 5.41) is 14.2. The molecule has 1 amide bonds. The molecule has 1 fully saturated rings. The van der Waals surface area contributed by atoms with Gasteiger partial charge in [-0.25, -0.2) is 0 Å². The van der Waals surface area contributed by atoms with Crippen LogP contribution < -0.4 is 0 Å². The maximum absolute atomic E-state index is 12.4. The zero-order valence-electron chi connectivity index (χ0n) is 11.3. The van der Waals surface area contributed by atoms with Crippen LogP contribution in [-0.4, -0.2) is 44.4 Å². The number of piperidine rings is 1. The fourth-order valence-electron chi connectivity index (χ4n) is 2.31. The minimum absolute atomic E-state index is 0.0213. The van der Waals surface area contributed by atoms with E-state index in [-0.39, 0.29) is 5.91 Å². The highest BCUT2D eigenvalue weighted by Crippen LogP contribution is 2.22. The van der Waals surface area contributed by atoms with Gasteiger partial charge in [0.05, 0.1) is 11.3 Å². The first kappa shape index (κ1) is 13.1. The van der Waals surface area contributed by atoms with Gasteiger partial charge in [0.1, 0.15) is 5.69 Å². The largest absolute Gasteiger partial charge is 0.390 e. The molecule has 0 radical (unpaired) electrons. The molecule has 5 nitrogen and oxygen atoms in total. The lowest BCUT2D eigenvalue weighted by Crippen LogP contribution is -2.45. The number of carbonyl (C=O) groups excluding carboxylic acids is 1. The quantitative estimate of drug-likeness (QED) is 0.859. The molecule has 0 unspecified atom stereocenters. The molecule has 1 aromatic heterocycles. The van der Waals surface area contributed by atoms with Crippen molar-refractivity contribution in [3.8, 4) is 0 Å². The normalized spacial score (nSPS) is 19.0. The first-order valence-corrected chi connectivity index (χ1v) is 6.49. The van der Waals surface area contributed by atoms with Crippen LogP contribution in [0.25, 0.3) is 0 Å². The molecule has 1 aromatic rings. The highest BCUT2D eigenvalue weighted by molar-refractivity contribution is 5.92. The van der Waals surface area contributed by atoms with Crippen LogP contribution in [0.4, 0.5) is 0 Å². The van der Waals surface area contributed by atoms with Gasteiger partial charge in [0.15, 0.2) is 0 Å². The van der Waals surface area contributed by atoms with Crippen LogP contribution in [0, 0.1) is 6.92 Å². The molecule has 5 heteroatoms. The highest BCUT2D eigenvalue weighted by atomic mass is 16.3. The van der Waals surface area contributed by atoms with Gasteiger partial charge >= 0.3 is 0 Å². The summed E-state index contributed by atoms with van der Waals surface area (Å²) in [5.74, 6) is 0.0213. The topological polar surface area (TPSA) is 58.4 Å². The molecule has 1 aliphatic rings. The average Bonchev–Trinajstić information content (AvgIpc) is 2.69. The van der Waals surface area contributed by atoms with Gasteiger partial charge < -0.3 is 10.0 Å². The van der Waals surface area contributed by atoms with E-state index >= 15 is 0 Å². The molecular formula is C13H21N3O2. The van der Waals surface area contributed by atoms with Gasteiger partial charge in [0, 0.05) is 19.6 Å². The number of nitrogens with zero attached hydrogens (tertiary/aromatic N) is 3. The van der Waals surface area contributed by atoms with Gasteiger partial charge in [0.2, 0.25) is 0 Å². The number of hydrogen-bond acceptors (Lipinski definition) is 3. The van der Waals surface area contributed by atoms with Crippen molar-refractivity contribution in [3.05, 3.63) is 17.5 Å². The lowest BCUT2D eigenvalue weighted by Gasteiger charge is -2.35. The molecule has 0 bridgehead atoms. The van der Waals surface area contributed by atoms with E-state index in [0.717, 1.165) is 5.69 Å². The van der Waals surface area contributed by atoms with E-state index in [1.807, 2.05) is 26.8 Å². The van der Waals surface area contributed by atoms with E-state index in [1.165, 1.54) is 0 Å². The van der Waals surface area contributed by atoms with Crippen LogP contribution in [0.15, 0.2) is 6.07 Å². The van der Waals surface area contributed by atoms with Crippen LogP contribution in [0.5, 0.6) is 0 Å². The van der Waals surface area contributed by atoms with E-state index in [1.54, 1.807) is 9.58 Å².